The SMILES string of the molecule is C[C@@H](C(=O)N1CC(Oc2ccc(NC(=O)N3CC(c4cccnc4)C3)cc2)C1)N(C)C. The third-order valence-electron chi connectivity index (χ3n) is 6.02. The molecule has 0 unspecified atom stereocenters. The highest BCUT2D eigenvalue weighted by atomic mass is 16.5. The zero-order valence-electron chi connectivity index (χ0n) is 18.2. The van der Waals surface area contributed by atoms with E-state index in [1.165, 1.54) is 5.56 Å². The van der Waals surface area contributed by atoms with E-state index in [2.05, 4.69) is 10.3 Å². The van der Waals surface area contributed by atoms with E-state index in [0.717, 1.165) is 11.4 Å². The van der Waals surface area contributed by atoms with E-state index < -0.39 is 0 Å². The molecule has 164 valence electrons. The predicted molar refractivity (Wildman–Crippen MR) is 118 cm³/mol. The van der Waals surface area contributed by atoms with Crippen molar-refractivity contribution in [2.75, 3.05) is 45.6 Å². The second kappa shape index (κ2) is 8.93. The number of pyridine rings is 1. The smallest absolute Gasteiger partial charge is 0.321 e. The minimum atomic E-state index is -0.130. The van der Waals surface area contributed by atoms with Crippen LogP contribution in [0, 0.1) is 0 Å². The van der Waals surface area contributed by atoms with E-state index in [-0.39, 0.29) is 24.1 Å². The lowest BCUT2D eigenvalue weighted by Gasteiger charge is -2.41. The number of benzene rings is 1. The van der Waals surface area contributed by atoms with Crippen LogP contribution in [-0.2, 0) is 4.79 Å². The fourth-order valence-electron chi connectivity index (χ4n) is 3.66. The number of likely N-dealkylation sites (N-methyl/N-ethyl adjacent to an activating group) is 1. The van der Waals surface area contributed by atoms with Gasteiger partial charge in [-0.2, -0.15) is 0 Å². The molecular formula is C23H29N5O3. The van der Waals surface area contributed by atoms with Crippen molar-refractivity contribution in [1.82, 2.24) is 19.7 Å². The average Bonchev–Trinajstić information content (AvgIpc) is 2.70. The minimum absolute atomic E-state index is 0.00394. The maximum Gasteiger partial charge on any atom is 0.321 e. The van der Waals surface area contributed by atoms with Crippen molar-refractivity contribution in [1.29, 1.82) is 0 Å². The van der Waals surface area contributed by atoms with Gasteiger partial charge in [0.05, 0.1) is 19.1 Å². The normalized spacial score (nSPS) is 17.7. The first-order valence-corrected chi connectivity index (χ1v) is 10.6. The summed E-state index contributed by atoms with van der Waals surface area (Å²) in [6, 6.07) is 11.1. The first kappa shape index (κ1) is 21.1. The Morgan fingerprint density at radius 2 is 1.81 bits per heavy atom. The molecule has 2 aliphatic heterocycles. The summed E-state index contributed by atoms with van der Waals surface area (Å²) in [4.78, 5) is 34.3. The van der Waals surface area contributed by atoms with Crippen molar-refractivity contribution in [2.45, 2.75) is 25.0 Å². The summed E-state index contributed by atoms with van der Waals surface area (Å²) in [5, 5.41) is 2.93. The Hall–Kier alpha value is -3.13. The van der Waals surface area contributed by atoms with Crippen molar-refractivity contribution < 1.29 is 14.3 Å². The molecule has 8 nitrogen and oxygen atoms in total. The topological polar surface area (TPSA) is 78.0 Å². The number of urea groups is 1. The standard InChI is InChI=1S/C23H29N5O3/c1-16(26(2)3)22(29)27-14-21(15-27)31-20-8-6-19(7-9-20)25-23(30)28-12-18(13-28)17-5-4-10-24-11-17/h4-11,16,18,21H,12-15H2,1-3H3,(H,25,30)/t16-/m0/s1. The van der Waals surface area contributed by atoms with Gasteiger partial charge in [-0.3, -0.25) is 14.7 Å². The van der Waals surface area contributed by atoms with Crippen molar-refractivity contribution in [3.8, 4) is 5.75 Å². The van der Waals surface area contributed by atoms with Gasteiger partial charge in [0.15, 0.2) is 0 Å². The molecule has 8 heteroatoms. The van der Waals surface area contributed by atoms with Crippen LogP contribution >= 0.6 is 0 Å². The Bertz CT molecular complexity index is 907. The van der Waals surface area contributed by atoms with E-state index in [4.69, 9.17) is 4.74 Å². The van der Waals surface area contributed by atoms with Gasteiger partial charge in [0.1, 0.15) is 11.9 Å². The number of nitrogens with zero attached hydrogens (tertiary/aromatic N) is 4. The highest BCUT2D eigenvalue weighted by Gasteiger charge is 2.35. The van der Waals surface area contributed by atoms with Crippen LogP contribution in [0.1, 0.15) is 18.4 Å². The zero-order valence-corrected chi connectivity index (χ0v) is 18.2. The molecule has 1 aromatic carbocycles. The monoisotopic (exact) mass is 423 g/mol. The van der Waals surface area contributed by atoms with E-state index in [9.17, 15) is 9.59 Å². The maximum atomic E-state index is 12.4. The lowest BCUT2D eigenvalue weighted by Crippen LogP contribution is -2.59. The van der Waals surface area contributed by atoms with Crippen LogP contribution in [0.3, 0.4) is 0 Å². The lowest BCUT2D eigenvalue weighted by molar-refractivity contribution is -0.144. The van der Waals surface area contributed by atoms with Gasteiger partial charge in [0.2, 0.25) is 5.91 Å². The molecule has 0 bridgehead atoms. The third kappa shape index (κ3) is 4.80. The molecule has 0 aliphatic carbocycles. The largest absolute Gasteiger partial charge is 0.487 e. The maximum absolute atomic E-state index is 12.4. The Morgan fingerprint density at radius 3 is 2.42 bits per heavy atom. The molecule has 1 N–H and O–H groups in total. The summed E-state index contributed by atoms with van der Waals surface area (Å²) in [7, 11) is 3.80. The van der Waals surface area contributed by atoms with E-state index in [0.29, 0.717) is 32.1 Å². The van der Waals surface area contributed by atoms with Crippen LogP contribution in [-0.4, -0.2) is 84.0 Å². The molecule has 2 fully saturated rings. The Morgan fingerprint density at radius 1 is 1.10 bits per heavy atom. The number of ether oxygens (including phenoxy) is 1. The Labute approximate surface area is 182 Å². The summed E-state index contributed by atoms with van der Waals surface area (Å²) < 4.78 is 5.94. The molecule has 3 amide bonds. The third-order valence-corrected chi connectivity index (χ3v) is 6.02. The van der Waals surface area contributed by atoms with Gasteiger partial charge < -0.3 is 19.9 Å². The number of carbonyl (C=O) groups excluding carboxylic acids is 2. The van der Waals surface area contributed by atoms with E-state index >= 15 is 0 Å². The number of rotatable bonds is 6. The molecule has 2 aromatic rings. The predicted octanol–water partition coefficient (Wildman–Crippen LogP) is 2.25. The molecule has 4 rings (SSSR count). The molecule has 2 aliphatic rings. The van der Waals surface area contributed by atoms with Crippen LogP contribution < -0.4 is 10.1 Å². The average molecular weight is 424 g/mol. The van der Waals surface area contributed by atoms with Crippen LogP contribution in [0.15, 0.2) is 48.8 Å². The van der Waals surface area contributed by atoms with Crippen molar-refractivity contribution in [3.05, 3.63) is 54.4 Å². The van der Waals surface area contributed by atoms with Crippen molar-refractivity contribution in [2.24, 2.45) is 0 Å². The molecule has 2 saturated heterocycles. The van der Waals surface area contributed by atoms with Gasteiger partial charge >= 0.3 is 6.03 Å². The molecule has 1 atom stereocenters. The number of hydrogen-bond donors (Lipinski definition) is 1. The number of hydrogen-bond acceptors (Lipinski definition) is 5. The van der Waals surface area contributed by atoms with Crippen molar-refractivity contribution in [3.63, 3.8) is 0 Å². The Kier molecular flexibility index (Phi) is 6.08. The van der Waals surface area contributed by atoms with E-state index in [1.54, 1.807) is 11.1 Å². The van der Waals surface area contributed by atoms with Crippen LogP contribution in [0.4, 0.5) is 10.5 Å². The van der Waals surface area contributed by atoms with Crippen molar-refractivity contribution >= 4 is 17.6 Å². The number of carbonyl (C=O) groups is 2. The fraction of sp³-hybridized carbons (Fsp3) is 0.435. The molecule has 0 radical (unpaired) electrons. The first-order valence-electron chi connectivity index (χ1n) is 10.6. The highest BCUT2D eigenvalue weighted by Crippen LogP contribution is 2.27. The lowest BCUT2D eigenvalue weighted by atomic mass is 9.93. The number of anilines is 1. The van der Waals surface area contributed by atoms with Gasteiger partial charge in [0.25, 0.3) is 0 Å². The first-order chi connectivity index (χ1) is 14.9. The second-order valence-corrected chi connectivity index (χ2v) is 8.47. The number of nitrogens with one attached hydrogen (secondary N) is 1. The molecule has 1 aromatic heterocycles. The summed E-state index contributed by atoms with van der Waals surface area (Å²) in [6.45, 7) is 4.50. The Balaban J connectivity index is 1.20. The van der Waals surface area contributed by atoms with Crippen LogP contribution in [0.5, 0.6) is 5.75 Å². The quantitative estimate of drug-likeness (QED) is 0.771. The highest BCUT2D eigenvalue weighted by molar-refractivity contribution is 5.90. The van der Waals surface area contributed by atoms with Gasteiger partial charge in [-0.05, 0) is 56.9 Å². The van der Waals surface area contributed by atoms with Gasteiger partial charge in [-0.15, -0.1) is 0 Å². The molecule has 31 heavy (non-hydrogen) atoms. The number of amides is 3. The summed E-state index contributed by atoms with van der Waals surface area (Å²) in [5.41, 5.74) is 1.90. The number of likely N-dealkylation sites (tertiary alicyclic amines) is 2. The minimum Gasteiger partial charge on any atom is -0.487 e. The summed E-state index contributed by atoms with van der Waals surface area (Å²) >= 11 is 0. The molecular weight excluding hydrogens is 394 g/mol. The molecule has 0 spiro atoms. The molecule has 0 saturated carbocycles. The van der Waals surface area contributed by atoms with Crippen LogP contribution in [0.2, 0.25) is 0 Å². The van der Waals surface area contributed by atoms with Gasteiger partial charge in [0, 0.05) is 37.1 Å². The summed E-state index contributed by atoms with van der Waals surface area (Å²) in [5.74, 6) is 1.21. The van der Waals surface area contributed by atoms with E-state index in [1.807, 2.05) is 73.4 Å². The number of aromatic nitrogens is 1. The van der Waals surface area contributed by atoms with Gasteiger partial charge in [-0.1, -0.05) is 6.07 Å². The van der Waals surface area contributed by atoms with Gasteiger partial charge in [-0.25, -0.2) is 4.79 Å². The fourth-order valence-corrected chi connectivity index (χ4v) is 3.66. The summed E-state index contributed by atoms with van der Waals surface area (Å²) in [6.07, 6.45) is 3.62. The molecule has 3 heterocycles. The second-order valence-electron chi connectivity index (χ2n) is 8.47. The van der Waals surface area contributed by atoms with Crippen LogP contribution in [0.25, 0.3) is 0 Å². The zero-order chi connectivity index (χ0) is 22.0.